The summed E-state index contributed by atoms with van der Waals surface area (Å²) in [4.78, 5) is 37.9. The van der Waals surface area contributed by atoms with Crippen LogP contribution in [0.4, 0.5) is 0 Å². The van der Waals surface area contributed by atoms with Crippen molar-refractivity contribution in [2.75, 3.05) is 0 Å². The van der Waals surface area contributed by atoms with Crippen LogP contribution in [0.1, 0.15) is 0 Å². The highest BCUT2D eigenvalue weighted by molar-refractivity contribution is 9.14. The lowest BCUT2D eigenvalue weighted by atomic mass is 10.2. The van der Waals surface area contributed by atoms with E-state index in [4.69, 9.17) is 20.4 Å². The first-order valence-electron chi connectivity index (χ1n) is 5.74. The summed E-state index contributed by atoms with van der Waals surface area (Å²) in [5, 5.41) is 33.3. The van der Waals surface area contributed by atoms with Crippen LogP contribution in [-0.4, -0.2) is 63.6 Å². The zero-order valence-corrected chi connectivity index (χ0v) is 17.9. The summed E-state index contributed by atoms with van der Waals surface area (Å²) in [6, 6.07) is 0. The summed E-state index contributed by atoms with van der Waals surface area (Å²) in [5.41, 5.74) is 0. The van der Waals surface area contributed by atoms with Crippen molar-refractivity contribution in [2.24, 2.45) is 0 Å². The Morgan fingerprint density at radius 3 is 1.04 bits per heavy atom. The first-order chi connectivity index (χ1) is 10.9. The molecule has 0 aromatic heterocycles. The molecule has 0 fully saturated rings. The second-order valence-electron chi connectivity index (χ2n) is 3.76. The Bertz CT molecular complexity index is 473. The van der Waals surface area contributed by atoms with E-state index in [1.54, 1.807) is 0 Å². The van der Waals surface area contributed by atoms with Crippen LogP contribution in [0.3, 0.4) is 0 Å². The summed E-state index contributed by atoms with van der Waals surface area (Å²) in [6.45, 7) is 0. The van der Waals surface area contributed by atoms with Crippen molar-refractivity contribution in [3.8, 4) is 0 Å². The standard InChI is InChI=1S/C6H6Br4O4.C6H6O4/c7-1(3(9)5(11)12)2(8)4(10)6(13)14;7-5(8)3-1-2-4-6(9)10/h1-4H,(H,11,12)(H,13,14);1-4H,(H,7,8)(H,9,10)/b;3-1-,4-2-. The molecule has 0 rings (SSSR count). The van der Waals surface area contributed by atoms with Crippen LogP contribution in [0, 0.1) is 0 Å². The summed E-state index contributed by atoms with van der Waals surface area (Å²) < 4.78 is 0. The van der Waals surface area contributed by atoms with Gasteiger partial charge in [-0.1, -0.05) is 75.9 Å². The molecule has 0 aliphatic heterocycles. The van der Waals surface area contributed by atoms with E-state index >= 15 is 0 Å². The number of hydrogen-bond acceptors (Lipinski definition) is 4. The Kier molecular flexibility index (Phi) is 14.4. The van der Waals surface area contributed by atoms with Crippen molar-refractivity contribution in [1.82, 2.24) is 0 Å². The van der Waals surface area contributed by atoms with Gasteiger partial charge in [0.15, 0.2) is 0 Å². The fourth-order valence-corrected chi connectivity index (χ4v) is 3.41. The van der Waals surface area contributed by atoms with Crippen molar-refractivity contribution in [2.45, 2.75) is 19.3 Å². The first-order valence-corrected chi connectivity index (χ1v) is 9.40. The Morgan fingerprint density at radius 1 is 0.625 bits per heavy atom. The molecule has 0 aliphatic rings. The summed E-state index contributed by atoms with van der Waals surface area (Å²) >= 11 is 12.1. The van der Waals surface area contributed by atoms with Gasteiger partial charge in [-0.05, 0) is 0 Å². The Morgan fingerprint density at radius 2 is 0.875 bits per heavy atom. The molecule has 12 heteroatoms. The van der Waals surface area contributed by atoms with Gasteiger partial charge in [-0.15, -0.1) is 0 Å². The molecule has 8 nitrogen and oxygen atoms in total. The molecular weight excluding hydrogens is 592 g/mol. The zero-order chi connectivity index (χ0) is 19.4. The fraction of sp³-hybridized carbons (Fsp3) is 0.333. The van der Waals surface area contributed by atoms with Crippen LogP contribution in [0.5, 0.6) is 0 Å². The van der Waals surface area contributed by atoms with Crippen LogP contribution < -0.4 is 0 Å². The second kappa shape index (κ2) is 13.6. The maximum absolute atomic E-state index is 10.6. The van der Waals surface area contributed by atoms with E-state index in [9.17, 15) is 19.2 Å². The van der Waals surface area contributed by atoms with E-state index in [0.29, 0.717) is 0 Å². The molecule has 0 bridgehead atoms. The molecule has 4 N–H and O–H groups in total. The number of aliphatic carboxylic acids is 4. The van der Waals surface area contributed by atoms with Crippen molar-refractivity contribution < 1.29 is 39.6 Å². The average Bonchev–Trinajstić information content (AvgIpc) is 2.48. The number of carboxylic acids is 4. The molecule has 0 aliphatic carbocycles. The molecule has 0 radical (unpaired) electrons. The quantitative estimate of drug-likeness (QED) is 0.188. The van der Waals surface area contributed by atoms with Crippen LogP contribution in [-0.2, 0) is 19.2 Å². The van der Waals surface area contributed by atoms with E-state index in [-0.39, 0.29) is 0 Å². The molecule has 0 amide bonds. The summed E-state index contributed by atoms with van der Waals surface area (Å²) in [5.74, 6) is -4.31. The van der Waals surface area contributed by atoms with Crippen molar-refractivity contribution in [3.63, 3.8) is 0 Å². The van der Waals surface area contributed by atoms with Crippen molar-refractivity contribution in [3.05, 3.63) is 24.3 Å². The minimum atomic E-state index is -1.10. The number of alkyl halides is 4. The molecule has 0 spiro atoms. The number of hydrogen-bond donors (Lipinski definition) is 4. The maximum Gasteiger partial charge on any atom is 0.328 e. The monoisotopic (exact) mass is 600 g/mol. The third-order valence-corrected chi connectivity index (χ3v) is 8.17. The molecule has 0 aromatic rings. The minimum absolute atomic E-state index is 0.541. The SMILES string of the molecule is O=C(O)/C=C\C=C/C(=O)O.O=C(O)C(Br)C(Br)C(Br)C(Br)C(=O)O. The first kappa shape index (κ1) is 25.5. The Balaban J connectivity index is 0. The third-order valence-electron chi connectivity index (χ3n) is 1.92. The van der Waals surface area contributed by atoms with E-state index in [2.05, 4.69) is 63.7 Å². The molecule has 0 saturated heterocycles. The largest absolute Gasteiger partial charge is 0.480 e. The number of carbonyl (C=O) groups is 4. The van der Waals surface area contributed by atoms with Crippen LogP contribution in [0.15, 0.2) is 24.3 Å². The molecule has 0 saturated carbocycles. The lowest BCUT2D eigenvalue weighted by molar-refractivity contribution is -0.138. The molecule has 0 heterocycles. The molecule has 4 unspecified atom stereocenters. The van der Waals surface area contributed by atoms with E-state index < -0.39 is 43.2 Å². The van der Waals surface area contributed by atoms with E-state index in [0.717, 1.165) is 24.3 Å². The molecular formula is C12H12Br4O8. The second-order valence-corrected chi connectivity index (χ2v) is 7.85. The van der Waals surface area contributed by atoms with Gasteiger partial charge in [-0.25, -0.2) is 9.59 Å². The highest BCUT2D eigenvalue weighted by atomic mass is 79.9. The van der Waals surface area contributed by atoms with Gasteiger partial charge >= 0.3 is 23.9 Å². The van der Waals surface area contributed by atoms with Crippen LogP contribution in [0.25, 0.3) is 0 Å². The van der Waals surface area contributed by atoms with Gasteiger partial charge < -0.3 is 20.4 Å². The van der Waals surface area contributed by atoms with Gasteiger partial charge in [0.05, 0.1) is 9.65 Å². The number of halogens is 4. The third kappa shape index (κ3) is 12.7. The van der Waals surface area contributed by atoms with E-state index in [1.165, 1.54) is 0 Å². The minimum Gasteiger partial charge on any atom is -0.480 e. The lowest BCUT2D eigenvalue weighted by Gasteiger charge is -2.21. The normalized spacial score (nSPS) is 15.8. The molecule has 4 atom stereocenters. The summed E-state index contributed by atoms with van der Waals surface area (Å²) in [7, 11) is 0. The smallest absolute Gasteiger partial charge is 0.328 e. The van der Waals surface area contributed by atoms with Crippen molar-refractivity contribution in [1.29, 1.82) is 0 Å². The molecule has 136 valence electrons. The fourth-order valence-electron chi connectivity index (χ4n) is 0.871. The number of allylic oxidation sites excluding steroid dienone is 2. The van der Waals surface area contributed by atoms with Gasteiger partial charge in [0.2, 0.25) is 0 Å². The predicted molar refractivity (Wildman–Crippen MR) is 99.7 cm³/mol. The van der Waals surface area contributed by atoms with Gasteiger partial charge in [0.25, 0.3) is 0 Å². The highest BCUT2D eigenvalue weighted by Gasteiger charge is 2.35. The van der Waals surface area contributed by atoms with Crippen LogP contribution >= 0.6 is 63.7 Å². The van der Waals surface area contributed by atoms with Crippen molar-refractivity contribution >= 4 is 87.6 Å². The Hall–Kier alpha value is -0.720. The molecule has 24 heavy (non-hydrogen) atoms. The van der Waals surface area contributed by atoms with Gasteiger partial charge in [0.1, 0.15) is 9.65 Å². The lowest BCUT2D eigenvalue weighted by Crippen LogP contribution is -2.38. The zero-order valence-electron chi connectivity index (χ0n) is 11.6. The molecule has 0 aromatic carbocycles. The predicted octanol–water partition coefficient (Wildman–Crippen LogP) is 2.48. The van der Waals surface area contributed by atoms with Gasteiger partial charge in [-0.2, -0.15) is 0 Å². The average molecular weight is 604 g/mol. The Labute approximate surface area is 170 Å². The highest BCUT2D eigenvalue weighted by Crippen LogP contribution is 2.29. The van der Waals surface area contributed by atoms with Gasteiger partial charge in [0, 0.05) is 12.2 Å². The number of carboxylic acid groups (broad SMARTS) is 4. The van der Waals surface area contributed by atoms with E-state index in [1.807, 2.05) is 0 Å². The summed E-state index contributed by atoms with van der Waals surface area (Å²) in [6.07, 6.45) is 3.96. The van der Waals surface area contributed by atoms with Crippen LogP contribution in [0.2, 0.25) is 0 Å². The number of rotatable bonds is 8. The maximum atomic E-state index is 10.6. The van der Waals surface area contributed by atoms with Gasteiger partial charge in [-0.3, -0.25) is 9.59 Å². The topological polar surface area (TPSA) is 149 Å².